The number of hydrogen-bond acceptors (Lipinski definition) is 3. The molecule has 2 heterocycles. The molecule has 4 atom stereocenters. The monoisotopic (exact) mass is 502 g/mol. The van der Waals surface area contributed by atoms with E-state index in [2.05, 4.69) is 49.9 Å². The van der Waals surface area contributed by atoms with Gasteiger partial charge in [-0.05, 0) is 67.4 Å². The molecule has 5 rings (SSSR count). The summed E-state index contributed by atoms with van der Waals surface area (Å²) in [6.45, 7) is 8.89. The van der Waals surface area contributed by atoms with Crippen LogP contribution >= 0.6 is 11.8 Å². The lowest BCUT2D eigenvalue weighted by Gasteiger charge is -2.44. The highest BCUT2D eigenvalue weighted by atomic mass is 32.2. The minimum atomic E-state index is 0.116. The molecule has 0 bridgehead atoms. The smallest absolute Gasteiger partial charge is 0.260 e. The summed E-state index contributed by atoms with van der Waals surface area (Å²) in [7, 11) is 0. The van der Waals surface area contributed by atoms with E-state index in [4.69, 9.17) is 0 Å². The number of carbonyl (C=O) groups is 2. The van der Waals surface area contributed by atoms with Gasteiger partial charge in [-0.15, -0.1) is 11.8 Å². The Morgan fingerprint density at radius 2 is 1.75 bits per heavy atom. The van der Waals surface area contributed by atoms with Crippen LogP contribution < -0.4 is 0 Å². The second-order valence-corrected chi connectivity index (χ2v) is 12.5. The summed E-state index contributed by atoms with van der Waals surface area (Å²) in [6.07, 6.45) is 7.89. The maximum atomic E-state index is 13.7. The van der Waals surface area contributed by atoms with Crippen molar-refractivity contribution in [2.45, 2.75) is 70.7 Å². The zero-order chi connectivity index (χ0) is 25.2. The predicted octanol–water partition coefficient (Wildman–Crippen LogP) is 6.54. The molecule has 2 amide bonds. The number of thioether (sulfide) groups is 1. The second kappa shape index (κ2) is 10.8. The van der Waals surface area contributed by atoms with Crippen molar-refractivity contribution in [1.29, 1.82) is 0 Å². The summed E-state index contributed by atoms with van der Waals surface area (Å²) >= 11 is 1.76. The van der Waals surface area contributed by atoms with Crippen molar-refractivity contribution in [3.8, 4) is 0 Å². The van der Waals surface area contributed by atoms with Gasteiger partial charge in [-0.2, -0.15) is 0 Å². The standard InChI is InChI=1S/C31H38N2O2S/c1-21-7-6-8-25(16-21)20-33-27-9-4-5-10-28(27)36-29(31(33)35)17-24-11-13-26(14-12-24)30(34)32-18-22(2)15-23(3)19-32/h6-8,11-14,16-17,22-23,27-28H,4-5,9-10,15,18-20H2,1-3H3/b29-17+. The molecular formula is C31H38N2O2S. The van der Waals surface area contributed by atoms with Gasteiger partial charge in [0.25, 0.3) is 11.8 Å². The average Bonchev–Trinajstić information content (AvgIpc) is 2.86. The molecule has 0 radical (unpaired) electrons. The summed E-state index contributed by atoms with van der Waals surface area (Å²) in [6, 6.07) is 16.6. The number of carbonyl (C=O) groups excluding carboxylic acids is 2. The van der Waals surface area contributed by atoms with Crippen LogP contribution in [0.15, 0.2) is 53.4 Å². The number of benzene rings is 2. The van der Waals surface area contributed by atoms with Crippen molar-refractivity contribution in [3.63, 3.8) is 0 Å². The number of rotatable bonds is 4. The van der Waals surface area contributed by atoms with Gasteiger partial charge in [-0.25, -0.2) is 0 Å². The van der Waals surface area contributed by atoms with E-state index in [1.54, 1.807) is 11.8 Å². The van der Waals surface area contributed by atoms with Crippen molar-refractivity contribution >= 4 is 29.7 Å². The van der Waals surface area contributed by atoms with Gasteiger partial charge in [0, 0.05) is 36.5 Å². The Hall–Kier alpha value is -2.53. The highest BCUT2D eigenvalue weighted by Crippen LogP contribution is 2.42. The molecule has 0 spiro atoms. The Morgan fingerprint density at radius 3 is 2.47 bits per heavy atom. The zero-order valence-corrected chi connectivity index (χ0v) is 22.6. The van der Waals surface area contributed by atoms with Crippen molar-refractivity contribution in [1.82, 2.24) is 9.80 Å². The molecule has 3 aliphatic rings. The Balaban J connectivity index is 1.35. The summed E-state index contributed by atoms with van der Waals surface area (Å²) in [5.41, 5.74) is 4.13. The number of nitrogens with zero attached hydrogens (tertiary/aromatic N) is 2. The van der Waals surface area contributed by atoms with Crippen LogP contribution in [0.1, 0.15) is 73.0 Å². The van der Waals surface area contributed by atoms with E-state index < -0.39 is 0 Å². The summed E-state index contributed by atoms with van der Waals surface area (Å²) in [5, 5.41) is 0.455. The molecule has 0 N–H and O–H groups in total. The molecule has 2 saturated heterocycles. The van der Waals surface area contributed by atoms with Gasteiger partial charge in [-0.1, -0.05) is 68.7 Å². The van der Waals surface area contributed by atoms with Crippen molar-refractivity contribution in [2.75, 3.05) is 13.1 Å². The minimum absolute atomic E-state index is 0.116. The third-order valence-corrected chi connectivity index (χ3v) is 9.26. The molecule has 0 aromatic heterocycles. The topological polar surface area (TPSA) is 40.6 Å². The van der Waals surface area contributed by atoms with E-state index in [0.717, 1.165) is 42.0 Å². The lowest BCUT2D eigenvalue weighted by Crippen LogP contribution is -2.50. The Labute approximate surface area is 220 Å². The van der Waals surface area contributed by atoms with Gasteiger partial charge < -0.3 is 9.80 Å². The minimum Gasteiger partial charge on any atom is -0.338 e. The van der Waals surface area contributed by atoms with E-state index >= 15 is 0 Å². The molecular weight excluding hydrogens is 464 g/mol. The van der Waals surface area contributed by atoms with Crippen LogP contribution in [-0.4, -0.2) is 46.0 Å². The number of hydrogen-bond donors (Lipinski definition) is 0. The molecule has 2 aliphatic heterocycles. The molecule has 190 valence electrons. The molecule has 5 heteroatoms. The fourth-order valence-corrected chi connectivity index (χ4v) is 7.73. The highest BCUT2D eigenvalue weighted by Gasteiger charge is 2.40. The molecule has 36 heavy (non-hydrogen) atoms. The van der Waals surface area contributed by atoms with E-state index in [1.165, 1.54) is 30.4 Å². The molecule has 1 saturated carbocycles. The van der Waals surface area contributed by atoms with E-state index in [1.807, 2.05) is 35.2 Å². The molecule has 4 unspecified atom stereocenters. The van der Waals surface area contributed by atoms with Crippen LogP contribution in [0.4, 0.5) is 0 Å². The van der Waals surface area contributed by atoms with Gasteiger partial charge in [0.1, 0.15) is 0 Å². The number of aryl methyl sites for hydroxylation is 1. The first-order chi connectivity index (χ1) is 17.4. The van der Waals surface area contributed by atoms with Gasteiger partial charge in [0.05, 0.1) is 4.91 Å². The highest BCUT2D eigenvalue weighted by molar-refractivity contribution is 8.04. The number of amides is 2. The molecule has 2 aromatic carbocycles. The third-order valence-electron chi connectivity index (χ3n) is 7.86. The van der Waals surface area contributed by atoms with Crippen LogP contribution in [0.2, 0.25) is 0 Å². The van der Waals surface area contributed by atoms with Crippen molar-refractivity contribution in [3.05, 3.63) is 75.7 Å². The van der Waals surface area contributed by atoms with Crippen molar-refractivity contribution < 1.29 is 9.59 Å². The Morgan fingerprint density at radius 1 is 1.03 bits per heavy atom. The summed E-state index contributed by atoms with van der Waals surface area (Å²) < 4.78 is 0. The molecule has 1 aliphatic carbocycles. The Kier molecular flexibility index (Phi) is 7.57. The summed E-state index contributed by atoms with van der Waals surface area (Å²) in [5.74, 6) is 1.34. The SMILES string of the molecule is Cc1cccc(CN2C(=O)/C(=C\c3ccc(C(=O)N4CC(C)CC(C)C4)cc3)SC3CCCCC32)c1. The summed E-state index contributed by atoms with van der Waals surface area (Å²) in [4.78, 5) is 31.7. The zero-order valence-electron chi connectivity index (χ0n) is 21.8. The van der Waals surface area contributed by atoms with Gasteiger partial charge in [0.2, 0.25) is 0 Å². The quantitative estimate of drug-likeness (QED) is 0.446. The number of piperidine rings is 1. The number of fused-ring (bicyclic) bond motifs is 1. The van der Waals surface area contributed by atoms with Crippen molar-refractivity contribution in [2.24, 2.45) is 11.8 Å². The van der Waals surface area contributed by atoms with E-state index in [9.17, 15) is 9.59 Å². The normalized spacial score (nSPS) is 27.8. The molecule has 4 nitrogen and oxygen atoms in total. The van der Waals surface area contributed by atoms with Gasteiger partial charge >= 0.3 is 0 Å². The fraction of sp³-hybridized carbons (Fsp3) is 0.484. The molecule has 2 aromatic rings. The largest absolute Gasteiger partial charge is 0.338 e. The number of likely N-dealkylation sites (tertiary alicyclic amines) is 1. The van der Waals surface area contributed by atoms with E-state index in [0.29, 0.717) is 29.7 Å². The fourth-order valence-electron chi connectivity index (χ4n) is 6.25. The van der Waals surface area contributed by atoms with Gasteiger partial charge in [0.15, 0.2) is 0 Å². The second-order valence-electron chi connectivity index (χ2n) is 11.2. The average molecular weight is 503 g/mol. The van der Waals surface area contributed by atoms with Crippen LogP contribution in [0, 0.1) is 18.8 Å². The van der Waals surface area contributed by atoms with Crippen LogP contribution in [0.3, 0.4) is 0 Å². The van der Waals surface area contributed by atoms with E-state index in [-0.39, 0.29) is 11.8 Å². The first-order valence-corrected chi connectivity index (χ1v) is 14.4. The maximum Gasteiger partial charge on any atom is 0.260 e. The van der Waals surface area contributed by atoms with Crippen LogP contribution in [-0.2, 0) is 11.3 Å². The van der Waals surface area contributed by atoms with Gasteiger partial charge in [-0.3, -0.25) is 9.59 Å². The van der Waals surface area contributed by atoms with Crippen LogP contribution in [0.25, 0.3) is 6.08 Å². The van der Waals surface area contributed by atoms with Crippen LogP contribution in [0.5, 0.6) is 0 Å². The lowest BCUT2D eigenvalue weighted by atomic mass is 9.91. The molecule has 3 fully saturated rings. The Bertz CT molecular complexity index is 1130. The predicted molar refractivity (Wildman–Crippen MR) is 149 cm³/mol. The third kappa shape index (κ3) is 5.56. The maximum absolute atomic E-state index is 13.7. The first-order valence-electron chi connectivity index (χ1n) is 13.5. The lowest BCUT2D eigenvalue weighted by molar-refractivity contribution is -0.130. The first kappa shape index (κ1) is 25.1.